The van der Waals surface area contributed by atoms with Crippen molar-refractivity contribution in [3.8, 4) is 0 Å². The zero-order valence-electron chi connectivity index (χ0n) is 8.73. The summed E-state index contributed by atoms with van der Waals surface area (Å²) in [5, 5.41) is 0. The topological polar surface area (TPSA) is 60.9 Å². The summed E-state index contributed by atoms with van der Waals surface area (Å²) in [6, 6.07) is 5.55. The third kappa shape index (κ3) is 2.58. The van der Waals surface area contributed by atoms with Crippen LogP contribution in [0.3, 0.4) is 0 Å². The van der Waals surface area contributed by atoms with Gasteiger partial charge >= 0.3 is 0 Å². The number of nitrogens with zero attached hydrogens (tertiary/aromatic N) is 2. The number of hydrogen-bond donors (Lipinski definition) is 1. The summed E-state index contributed by atoms with van der Waals surface area (Å²) in [6.07, 6.45) is 2.97. The Bertz CT molecular complexity index is 590. The SMILES string of the molecule is Nc1cccc(Br)c1Cn1cncc(Br)c1=O. The van der Waals surface area contributed by atoms with Crippen LogP contribution in [0.4, 0.5) is 5.69 Å². The molecule has 1 aromatic carbocycles. The highest BCUT2D eigenvalue weighted by molar-refractivity contribution is 9.10. The molecule has 0 bridgehead atoms. The van der Waals surface area contributed by atoms with Gasteiger partial charge in [0.05, 0.1) is 12.9 Å². The highest BCUT2D eigenvalue weighted by Gasteiger charge is 2.07. The number of rotatable bonds is 2. The maximum Gasteiger partial charge on any atom is 0.267 e. The average molecular weight is 359 g/mol. The monoisotopic (exact) mass is 357 g/mol. The lowest BCUT2D eigenvalue weighted by Crippen LogP contribution is -2.21. The predicted molar refractivity (Wildman–Crippen MR) is 73.9 cm³/mol. The number of nitrogen functional groups attached to an aromatic ring is 1. The first kappa shape index (κ1) is 12.3. The molecule has 0 spiro atoms. The van der Waals surface area contributed by atoms with Crippen molar-refractivity contribution in [1.82, 2.24) is 9.55 Å². The molecule has 6 heteroatoms. The second-order valence-corrected chi connectivity index (χ2v) is 5.19. The number of anilines is 1. The molecule has 1 aromatic heterocycles. The smallest absolute Gasteiger partial charge is 0.267 e. The van der Waals surface area contributed by atoms with Gasteiger partial charge in [0.1, 0.15) is 4.47 Å². The van der Waals surface area contributed by atoms with Crippen LogP contribution in [-0.2, 0) is 6.54 Å². The fourth-order valence-corrected chi connectivity index (χ4v) is 2.30. The van der Waals surface area contributed by atoms with Crippen molar-refractivity contribution in [2.75, 3.05) is 5.73 Å². The Morgan fingerprint density at radius 1 is 1.29 bits per heavy atom. The van der Waals surface area contributed by atoms with Gasteiger partial charge in [-0.15, -0.1) is 0 Å². The number of nitrogens with two attached hydrogens (primary N) is 1. The van der Waals surface area contributed by atoms with Crippen LogP contribution in [-0.4, -0.2) is 9.55 Å². The highest BCUT2D eigenvalue weighted by Crippen LogP contribution is 2.22. The van der Waals surface area contributed by atoms with E-state index < -0.39 is 0 Å². The Morgan fingerprint density at radius 2 is 2.06 bits per heavy atom. The van der Waals surface area contributed by atoms with Gasteiger partial charge < -0.3 is 5.73 Å². The lowest BCUT2D eigenvalue weighted by Gasteiger charge is -2.10. The standard InChI is InChI=1S/C11H9Br2N3O/c12-8-2-1-3-10(14)7(8)5-16-6-15-4-9(13)11(16)17/h1-4,6H,5,14H2. The second-order valence-electron chi connectivity index (χ2n) is 3.48. The van der Waals surface area contributed by atoms with Crippen molar-refractivity contribution < 1.29 is 0 Å². The largest absolute Gasteiger partial charge is 0.398 e. The van der Waals surface area contributed by atoms with E-state index in [2.05, 4.69) is 36.8 Å². The van der Waals surface area contributed by atoms with Crippen molar-refractivity contribution in [3.05, 3.63) is 55.6 Å². The molecule has 17 heavy (non-hydrogen) atoms. The summed E-state index contributed by atoms with van der Waals surface area (Å²) in [5.41, 5.74) is 7.26. The molecule has 2 aromatic rings. The summed E-state index contributed by atoms with van der Waals surface area (Å²) >= 11 is 6.58. The molecule has 0 aliphatic rings. The summed E-state index contributed by atoms with van der Waals surface area (Å²) in [5.74, 6) is 0. The van der Waals surface area contributed by atoms with Gasteiger partial charge in [0.25, 0.3) is 5.56 Å². The van der Waals surface area contributed by atoms with Gasteiger partial charge in [-0.3, -0.25) is 9.36 Å². The maximum atomic E-state index is 11.8. The molecule has 0 fully saturated rings. The molecule has 0 amide bonds. The Balaban J connectivity index is 2.45. The molecule has 4 nitrogen and oxygen atoms in total. The minimum Gasteiger partial charge on any atom is -0.398 e. The van der Waals surface area contributed by atoms with Gasteiger partial charge in [-0.1, -0.05) is 22.0 Å². The molecular formula is C11H9Br2N3O. The van der Waals surface area contributed by atoms with E-state index in [0.29, 0.717) is 16.7 Å². The zero-order valence-corrected chi connectivity index (χ0v) is 11.9. The first-order chi connectivity index (χ1) is 8.09. The van der Waals surface area contributed by atoms with Crippen LogP contribution >= 0.6 is 31.9 Å². The molecule has 0 aliphatic heterocycles. The molecule has 1 heterocycles. The Morgan fingerprint density at radius 3 is 2.76 bits per heavy atom. The van der Waals surface area contributed by atoms with Crippen molar-refractivity contribution in [2.24, 2.45) is 0 Å². The van der Waals surface area contributed by atoms with Crippen LogP contribution in [0, 0.1) is 0 Å². The van der Waals surface area contributed by atoms with E-state index in [-0.39, 0.29) is 5.56 Å². The van der Waals surface area contributed by atoms with Gasteiger partial charge in [0.2, 0.25) is 0 Å². The third-order valence-corrected chi connectivity index (χ3v) is 3.63. The molecule has 0 atom stereocenters. The van der Waals surface area contributed by atoms with Gasteiger partial charge in [0.15, 0.2) is 0 Å². The summed E-state index contributed by atoms with van der Waals surface area (Å²) in [6.45, 7) is 0.387. The summed E-state index contributed by atoms with van der Waals surface area (Å²) < 4.78 is 2.82. The van der Waals surface area contributed by atoms with Crippen LogP contribution in [0.25, 0.3) is 0 Å². The fourth-order valence-electron chi connectivity index (χ4n) is 1.45. The molecular weight excluding hydrogens is 350 g/mol. The third-order valence-electron chi connectivity index (χ3n) is 2.34. The Kier molecular flexibility index (Phi) is 3.63. The fraction of sp³-hybridized carbons (Fsp3) is 0.0909. The van der Waals surface area contributed by atoms with Crippen molar-refractivity contribution in [1.29, 1.82) is 0 Å². The Hall–Kier alpha value is -1.14. The van der Waals surface area contributed by atoms with Gasteiger partial charge in [-0.2, -0.15) is 0 Å². The van der Waals surface area contributed by atoms with E-state index in [9.17, 15) is 4.79 Å². The van der Waals surface area contributed by atoms with Gasteiger partial charge in [0, 0.05) is 21.9 Å². The number of benzene rings is 1. The van der Waals surface area contributed by atoms with Crippen LogP contribution in [0.2, 0.25) is 0 Å². The van der Waals surface area contributed by atoms with E-state index in [1.807, 2.05) is 12.1 Å². The molecule has 88 valence electrons. The van der Waals surface area contributed by atoms with E-state index >= 15 is 0 Å². The number of hydrogen-bond acceptors (Lipinski definition) is 3. The molecule has 0 saturated carbocycles. The van der Waals surface area contributed by atoms with Crippen molar-refractivity contribution >= 4 is 37.5 Å². The number of halogens is 2. The highest BCUT2D eigenvalue weighted by atomic mass is 79.9. The van der Waals surface area contributed by atoms with Crippen LogP contribution in [0.5, 0.6) is 0 Å². The molecule has 0 aliphatic carbocycles. The predicted octanol–water partition coefficient (Wildman–Crippen LogP) is 2.40. The minimum absolute atomic E-state index is 0.129. The second kappa shape index (κ2) is 5.01. The Labute approximate surface area is 115 Å². The maximum absolute atomic E-state index is 11.8. The zero-order chi connectivity index (χ0) is 12.4. The lowest BCUT2D eigenvalue weighted by molar-refractivity contribution is 0.730. The van der Waals surface area contributed by atoms with E-state index in [1.165, 1.54) is 17.1 Å². The van der Waals surface area contributed by atoms with E-state index in [4.69, 9.17) is 5.73 Å². The van der Waals surface area contributed by atoms with Gasteiger partial charge in [-0.05, 0) is 28.1 Å². The van der Waals surface area contributed by atoms with Gasteiger partial charge in [-0.25, -0.2) is 4.98 Å². The number of aromatic nitrogens is 2. The molecule has 2 N–H and O–H groups in total. The van der Waals surface area contributed by atoms with Crippen LogP contribution < -0.4 is 11.3 Å². The normalized spacial score (nSPS) is 10.5. The van der Waals surface area contributed by atoms with E-state index in [0.717, 1.165) is 10.0 Å². The van der Waals surface area contributed by atoms with Crippen molar-refractivity contribution in [2.45, 2.75) is 6.54 Å². The average Bonchev–Trinajstić information content (AvgIpc) is 2.29. The van der Waals surface area contributed by atoms with Crippen LogP contribution in [0.1, 0.15) is 5.56 Å². The first-order valence-electron chi connectivity index (χ1n) is 4.82. The quantitative estimate of drug-likeness (QED) is 0.838. The van der Waals surface area contributed by atoms with Crippen LogP contribution in [0.15, 0.2) is 44.5 Å². The molecule has 0 unspecified atom stereocenters. The first-order valence-corrected chi connectivity index (χ1v) is 6.41. The minimum atomic E-state index is -0.129. The lowest BCUT2D eigenvalue weighted by atomic mass is 10.2. The summed E-state index contributed by atoms with van der Waals surface area (Å²) in [7, 11) is 0. The molecule has 2 rings (SSSR count). The molecule has 0 radical (unpaired) electrons. The molecule has 0 saturated heterocycles. The van der Waals surface area contributed by atoms with Crippen molar-refractivity contribution in [3.63, 3.8) is 0 Å². The van der Waals surface area contributed by atoms with E-state index in [1.54, 1.807) is 6.07 Å². The summed E-state index contributed by atoms with van der Waals surface area (Å²) in [4.78, 5) is 15.8.